The molecule has 3 aromatic rings. The molecule has 0 aliphatic carbocycles. The first-order valence-electron chi connectivity index (χ1n) is 7.04. The third-order valence-corrected chi connectivity index (χ3v) is 5.16. The number of thiophene rings is 1. The van der Waals surface area contributed by atoms with Crippen LogP contribution in [0.4, 0.5) is 0 Å². The fourth-order valence-corrected chi connectivity index (χ4v) is 3.93. The van der Waals surface area contributed by atoms with Crippen LogP contribution in [0.25, 0.3) is 11.0 Å². The molecule has 3 aromatic heterocycles. The molecule has 0 aromatic carbocycles. The number of aromatic nitrogens is 3. The third-order valence-electron chi connectivity index (χ3n) is 3.47. The van der Waals surface area contributed by atoms with Crippen molar-refractivity contribution in [3.05, 3.63) is 48.5 Å². The molecule has 6 nitrogen and oxygen atoms in total. The summed E-state index contributed by atoms with van der Waals surface area (Å²) in [5.74, 6) is -0.257. The lowest BCUT2D eigenvalue weighted by molar-refractivity contribution is 0.0955. The Morgan fingerprint density at radius 1 is 1.48 bits per heavy atom. The molecule has 0 unspecified atom stereocenters. The van der Waals surface area contributed by atoms with Crippen LogP contribution in [0.5, 0.6) is 0 Å². The van der Waals surface area contributed by atoms with Gasteiger partial charge in [-0.1, -0.05) is 0 Å². The Balaban J connectivity index is 1.82. The monoisotopic (exact) mass is 394 g/mol. The van der Waals surface area contributed by atoms with Crippen LogP contribution in [0.2, 0.25) is 0 Å². The van der Waals surface area contributed by atoms with Gasteiger partial charge in [-0.3, -0.25) is 19.4 Å². The Morgan fingerprint density at radius 3 is 2.96 bits per heavy atom. The molecule has 120 valence electrons. The number of pyridine rings is 1. The summed E-state index contributed by atoms with van der Waals surface area (Å²) in [5, 5.41) is 5.84. The lowest BCUT2D eigenvalue weighted by atomic mass is 10.1. The molecule has 0 atom stereocenters. The minimum absolute atomic E-state index is 0.257. The van der Waals surface area contributed by atoms with Gasteiger partial charge in [-0.05, 0) is 47.5 Å². The SMILES string of the molecule is Cc1cc(C(=O)NCCc2ccc(Br)s2)c2c(=O)[nH]n(C)c2n1. The Labute approximate surface area is 144 Å². The lowest BCUT2D eigenvalue weighted by Gasteiger charge is -2.06. The number of amides is 1. The molecule has 3 heterocycles. The predicted molar refractivity (Wildman–Crippen MR) is 94.1 cm³/mol. The van der Waals surface area contributed by atoms with Crippen molar-refractivity contribution >= 4 is 44.2 Å². The summed E-state index contributed by atoms with van der Waals surface area (Å²) in [6, 6.07) is 5.66. The summed E-state index contributed by atoms with van der Waals surface area (Å²) < 4.78 is 2.60. The van der Waals surface area contributed by atoms with Crippen LogP contribution in [0.15, 0.2) is 26.8 Å². The highest BCUT2D eigenvalue weighted by Crippen LogP contribution is 2.22. The van der Waals surface area contributed by atoms with E-state index < -0.39 is 0 Å². The molecule has 0 aliphatic rings. The van der Waals surface area contributed by atoms with Gasteiger partial charge in [0, 0.05) is 24.2 Å². The van der Waals surface area contributed by atoms with Crippen LogP contribution in [0.1, 0.15) is 20.9 Å². The van der Waals surface area contributed by atoms with Gasteiger partial charge in [-0.15, -0.1) is 11.3 Å². The van der Waals surface area contributed by atoms with Crippen molar-refractivity contribution in [3.8, 4) is 0 Å². The largest absolute Gasteiger partial charge is 0.352 e. The summed E-state index contributed by atoms with van der Waals surface area (Å²) in [5.41, 5.74) is 1.24. The number of nitrogens with zero attached hydrogens (tertiary/aromatic N) is 2. The van der Waals surface area contributed by atoms with Crippen molar-refractivity contribution < 1.29 is 4.79 Å². The maximum atomic E-state index is 12.5. The van der Waals surface area contributed by atoms with Gasteiger partial charge in [-0.2, -0.15) is 0 Å². The van der Waals surface area contributed by atoms with Gasteiger partial charge in [0.2, 0.25) is 0 Å². The van der Waals surface area contributed by atoms with Crippen LogP contribution in [-0.2, 0) is 13.5 Å². The average Bonchev–Trinajstić information content (AvgIpc) is 3.02. The average molecular weight is 395 g/mol. The highest BCUT2D eigenvalue weighted by Gasteiger charge is 2.17. The Hall–Kier alpha value is -1.93. The number of hydrogen-bond acceptors (Lipinski definition) is 4. The van der Waals surface area contributed by atoms with Crippen molar-refractivity contribution in [2.24, 2.45) is 7.05 Å². The fraction of sp³-hybridized carbons (Fsp3) is 0.267. The van der Waals surface area contributed by atoms with Crippen LogP contribution in [-0.4, -0.2) is 27.2 Å². The number of carbonyl (C=O) groups is 1. The van der Waals surface area contributed by atoms with Gasteiger partial charge in [0.1, 0.15) is 0 Å². The minimum atomic E-state index is -0.303. The zero-order chi connectivity index (χ0) is 16.6. The molecule has 23 heavy (non-hydrogen) atoms. The summed E-state index contributed by atoms with van der Waals surface area (Å²) in [7, 11) is 1.70. The van der Waals surface area contributed by atoms with E-state index in [4.69, 9.17) is 0 Å². The van der Waals surface area contributed by atoms with Crippen molar-refractivity contribution in [1.82, 2.24) is 20.1 Å². The maximum absolute atomic E-state index is 12.5. The molecule has 8 heteroatoms. The summed E-state index contributed by atoms with van der Waals surface area (Å²) >= 11 is 5.06. The highest BCUT2D eigenvalue weighted by molar-refractivity contribution is 9.11. The van der Waals surface area contributed by atoms with Gasteiger partial charge < -0.3 is 5.32 Å². The van der Waals surface area contributed by atoms with Crippen LogP contribution in [0.3, 0.4) is 0 Å². The van der Waals surface area contributed by atoms with E-state index in [1.807, 2.05) is 12.1 Å². The van der Waals surface area contributed by atoms with E-state index in [0.717, 1.165) is 10.2 Å². The van der Waals surface area contributed by atoms with Crippen molar-refractivity contribution in [1.29, 1.82) is 0 Å². The summed E-state index contributed by atoms with van der Waals surface area (Å²) in [6.07, 6.45) is 0.750. The van der Waals surface area contributed by atoms with E-state index in [1.165, 1.54) is 9.56 Å². The molecule has 0 bridgehead atoms. The van der Waals surface area contributed by atoms with E-state index >= 15 is 0 Å². The smallest absolute Gasteiger partial charge is 0.274 e. The second-order valence-electron chi connectivity index (χ2n) is 5.22. The summed E-state index contributed by atoms with van der Waals surface area (Å²) in [4.78, 5) is 30.0. The van der Waals surface area contributed by atoms with E-state index in [2.05, 4.69) is 31.3 Å². The third kappa shape index (κ3) is 3.23. The van der Waals surface area contributed by atoms with Crippen LogP contribution < -0.4 is 10.9 Å². The Bertz CT molecular complexity index is 941. The molecule has 0 spiro atoms. The van der Waals surface area contributed by atoms with E-state index in [0.29, 0.717) is 28.8 Å². The number of rotatable bonds is 4. The first-order valence-corrected chi connectivity index (χ1v) is 8.65. The zero-order valence-corrected chi connectivity index (χ0v) is 15.0. The molecule has 0 fully saturated rings. The first kappa shape index (κ1) is 15.9. The molecule has 0 saturated heterocycles. The second kappa shape index (κ2) is 6.29. The number of halogens is 1. The molecular weight excluding hydrogens is 380 g/mol. The van der Waals surface area contributed by atoms with Crippen molar-refractivity contribution in [3.63, 3.8) is 0 Å². The molecule has 2 N–H and O–H groups in total. The number of hydrogen-bond donors (Lipinski definition) is 2. The number of aryl methyl sites for hydroxylation is 2. The quantitative estimate of drug-likeness (QED) is 0.712. The van der Waals surface area contributed by atoms with Gasteiger partial charge in [0.05, 0.1) is 14.7 Å². The second-order valence-corrected chi connectivity index (χ2v) is 7.77. The first-order chi connectivity index (χ1) is 11.0. The molecular formula is C15H15BrN4O2S. The number of aromatic amines is 1. The molecule has 0 radical (unpaired) electrons. The highest BCUT2D eigenvalue weighted by atomic mass is 79.9. The molecule has 3 rings (SSSR count). The Morgan fingerprint density at radius 2 is 2.26 bits per heavy atom. The topological polar surface area (TPSA) is 79.8 Å². The number of fused-ring (bicyclic) bond motifs is 1. The van der Waals surface area contributed by atoms with Crippen molar-refractivity contribution in [2.75, 3.05) is 6.54 Å². The number of nitrogens with one attached hydrogen (secondary N) is 2. The van der Waals surface area contributed by atoms with E-state index in [9.17, 15) is 9.59 Å². The number of H-pyrrole nitrogens is 1. The van der Waals surface area contributed by atoms with Gasteiger partial charge >= 0.3 is 0 Å². The fourth-order valence-electron chi connectivity index (χ4n) is 2.44. The number of carbonyl (C=O) groups excluding carboxylic acids is 1. The van der Waals surface area contributed by atoms with Gasteiger partial charge in [0.25, 0.3) is 11.5 Å². The lowest BCUT2D eigenvalue weighted by Crippen LogP contribution is -2.26. The van der Waals surface area contributed by atoms with Crippen LogP contribution in [0, 0.1) is 6.92 Å². The normalized spacial score (nSPS) is 11.1. The van der Waals surface area contributed by atoms with E-state index in [1.54, 1.807) is 31.4 Å². The molecule has 1 amide bonds. The van der Waals surface area contributed by atoms with Gasteiger partial charge in [0.15, 0.2) is 5.65 Å². The van der Waals surface area contributed by atoms with Crippen LogP contribution >= 0.6 is 27.3 Å². The minimum Gasteiger partial charge on any atom is -0.352 e. The molecule has 0 aliphatic heterocycles. The van der Waals surface area contributed by atoms with Gasteiger partial charge in [-0.25, -0.2) is 4.98 Å². The maximum Gasteiger partial charge on any atom is 0.274 e. The van der Waals surface area contributed by atoms with E-state index in [-0.39, 0.29) is 11.5 Å². The predicted octanol–water partition coefficient (Wildman–Crippen LogP) is 2.37. The zero-order valence-electron chi connectivity index (χ0n) is 12.6. The summed E-state index contributed by atoms with van der Waals surface area (Å²) in [6.45, 7) is 2.32. The molecule has 0 saturated carbocycles. The van der Waals surface area contributed by atoms with Crippen molar-refractivity contribution in [2.45, 2.75) is 13.3 Å². The standard InChI is InChI=1S/C15H15BrN4O2S/c1-8-7-10(12-13(18-8)20(2)19-15(12)22)14(21)17-6-5-9-3-4-11(16)23-9/h3-4,7H,5-6H2,1-2H3,(H,17,21)(H,19,22). The Kier molecular flexibility index (Phi) is 4.36.